The second-order valence-electron chi connectivity index (χ2n) is 9.05. The van der Waals surface area contributed by atoms with Gasteiger partial charge in [-0.1, -0.05) is 26.3 Å². The number of carbonyl (C=O) groups is 2. The molecule has 7 nitrogen and oxygen atoms in total. The van der Waals surface area contributed by atoms with E-state index in [1.807, 2.05) is 0 Å². The minimum Gasteiger partial charge on any atom is -0.459 e. The summed E-state index contributed by atoms with van der Waals surface area (Å²) in [6.45, 7) is 6.80. The van der Waals surface area contributed by atoms with E-state index >= 15 is 0 Å². The van der Waals surface area contributed by atoms with Crippen molar-refractivity contribution >= 4 is 11.8 Å². The van der Waals surface area contributed by atoms with Gasteiger partial charge in [0, 0.05) is 22.7 Å². The minimum atomic E-state index is -1.44. The highest BCUT2D eigenvalue weighted by Crippen LogP contribution is 2.68. The molecule has 11 atom stereocenters. The van der Waals surface area contributed by atoms with E-state index in [9.17, 15) is 30.0 Å². The standard InChI is InChI=1S/C19H26O7/c1-6-5-8(20)15(24)18(3)9(6)12(22)16-19(4)10(17(25)26-16)7(2)11(21)13(23)14(18)19/h5,7,9-16,21-24H,1-4H3/t7-,9+,10-,11-,12-,13+,14+,15-,16-,18+,19+/m1/s1. The first-order valence-electron chi connectivity index (χ1n) is 9.13. The molecule has 0 aromatic carbocycles. The zero-order valence-electron chi connectivity index (χ0n) is 15.3. The maximum atomic E-state index is 12.6. The van der Waals surface area contributed by atoms with Gasteiger partial charge in [-0.2, -0.15) is 0 Å². The lowest BCUT2D eigenvalue weighted by Gasteiger charge is -2.65. The molecule has 0 radical (unpaired) electrons. The zero-order valence-corrected chi connectivity index (χ0v) is 15.3. The molecule has 0 aromatic heterocycles. The third-order valence-corrected chi connectivity index (χ3v) is 7.92. The first-order valence-corrected chi connectivity index (χ1v) is 9.13. The average Bonchev–Trinajstić information content (AvgIpc) is 2.81. The highest BCUT2D eigenvalue weighted by atomic mass is 16.6. The number of carbonyl (C=O) groups excluding carboxylic acids is 2. The van der Waals surface area contributed by atoms with Crippen LogP contribution in [0.15, 0.2) is 11.6 Å². The Bertz CT molecular complexity index is 717. The van der Waals surface area contributed by atoms with Crippen molar-refractivity contribution in [3.8, 4) is 0 Å². The van der Waals surface area contributed by atoms with Crippen LogP contribution in [0, 0.1) is 34.5 Å². The Balaban J connectivity index is 2.00. The van der Waals surface area contributed by atoms with Gasteiger partial charge in [-0.05, 0) is 18.9 Å². The zero-order chi connectivity index (χ0) is 19.3. The van der Waals surface area contributed by atoms with Crippen LogP contribution in [0.5, 0.6) is 0 Å². The molecular formula is C19H26O7. The predicted molar refractivity (Wildman–Crippen MR) is 88.5 cm³/mol. The van der Waals surface area contributed by atoms with E-state index in [1.54, 1.807) is 27.7 Å². The number of esters is 1. The number of aliphatic hydroxyl groups is 4. The molecule has 4 N–H and O–H groups in total. The van der Waals surface area contributed by atoms with Crippen molar-refractivity contribution in [2.45, 2.75) is 58.2 Å². The summed E-state index contributed by atoms with van der Waals surface area (Å²) in [6, 6.07) is 0. The van der Waals surface area contributed by atoms with Gasteiger partial charge in [0.05, 0.1) is 24.2 Å². The Morgan fingerprint density at radius 3 is 2.19 bits per heavy atom. The van der Waals surface area contributed by atoms with Gasteiger partial charge in [0.1, 0.15) is 12.2 Å². The summed E-state index contributed by atoms with van der Waals surface area (Å²) in [6.07, 6.45) is -4.55. The van der Waals surface area contributed by atoms with Gasteiger partial charge in [0.25, 0.3) is 0 Å². The Morgan fingerprint density at radius 2 is 1.58 bits per heavy atom. The van der Waals surface area contributed by atoms with Crippen molar-refractivity contribution in [2.75, 3.05) is 0 Å². The first-order chi connectivity index (χ1) is 12.0. The van der Waals surface area contributed by atoms with Crippen LogP contribution >= 0.6 is 0 Å². The molecule has 4 aliphatic rings. The summed E-state index contributed by atoms with van der Waals surface area (Å²) < 4.78 is 5.56. The van der Waals surface area contributed by atoms with Crippen molar-refractivity contribution < 1.29 is 34.8 Å². The summed E-state index contributed by atoms with van der Waals surface area (Å²) in [7, 11) is 0. The van der Waals surface area contributed by atoms with Crippen LogP contribution in [-0.4, -0.2) is 62.7 Å². The van der Waals surface area contributed by atoms with E-state index in [2.05, 4.69) is 0 Å². The second kappa shape index (κ2) is 5.16. The second-order valence-corrected chi connectivity index (χ2v) is 9.05. The number of rotatable bonds is 0. The summed E-state index contributed by atoms with van der Waals surface area (Å²) >= 11 is 0. The van der Waals surface area contributed by atoms with Crippen LogP contribution in [0.2, 0.25) is 0 Å². The van der Waals surface area contributed by atoms with E-state index in [1.165, 1.54) is 6.08 Å². The predicted octanol–water partition coefficient (Wildman–Crippen LogP) is -0.591. The molecule has 1 aliphatic heterocycles. The van der Waals surface area contributed by atoms with E-state index in [0.29, 0.717) is 5.57 Å². The monoisotopic (exact) mass is 366 g/mol. The van der Waals surface area contributed by atoms with Crippen LogP contribution in [0.4, 0.5) is 0 Å². The molecule has 0 aromatic rings. The van der Waals surface area contributed by atoms with Crippen LogP contribution in [0.3, 0.4) is 0 Å². The number of ketones is 1. The van der Waals surface area contributed by atoms with Crippen molar-refractivity contribution in [3.63, 3.8) is 0 Å². The number of ether oxygens (including phenoxy) is 1. The van der Waals surface area contributed by atoms with Crippen molar-refractivity contribution in [1.29, 1.82) is 0 Å². The number of hydrogen-bond acceptors (Lipinski definition) is 7. The van der Waals surface area contributed by atoms with E-state index < -0.39 is 76.8 Å². The summed E-state index contributed by atoms with van der Waals surface area (Å²) in [5.74, 6) is -3.75. The molecule has 4 rings (SSSR count). The first kappa shape index (κ1) is 18.1. The third-order valence-electron chi connectivity index (χ3n) is 7.92. The quantitative estimate of drug-likeness (QED) is 0.422. The molecule has 144 valence electrons. The number of fused-ring (bicyclic) bond motifs is 2. The van der Waals surface area contributed by atoms with E-state index in [-0.39, 0.29) is 0 Å². The molecule has 1 saturated heterocycles. The average molecular weight is 366 g/mol. The molecule has 2 saturated carbocycles. The number of aliphatic hydroxyl groups excluding tert-OH is 4. The van der Waals surface area contributed by atoms with Crippen LogP contribution in [0.25, 0.3) is 0 Å². The molecule has 3 aliphatic carbocycles. The Hall–Kier alpha value is -1.28. The summed E-state index contributed by atoms with van der Waals surface area (Å²) in [5, 5.41) is 43.6. The number of hydrogen-bond donors (Lipinski definition) is 4. The maximum Gasteiger partial charge on any atom is 0.310 e. The largest absolute Gasteiger partial charge is 0.459 e. The fraction of sp³-hybridized carbons (Fsp3) is 0.789. The van der Waals surface area contributed by atoms with E-state index in [4.69, 9.17) is 4.74 Å². The molecule has 0 bridgehead atoms. The van der Waals surface area contributed by atoms with Gasteiger partial charge in [-0.15, -0.1) is 0 Å². The van der Waals surface area contributed by atoms with Gasteiger partial charge in [0.15, 0.2) is 5.78 Å². The Labute approximate surface area is 151 Å². The SMILES string of the molecule is CC1=CC(=O)[C@@H](O)[C@]2(C)[C@@H]3[C@@H](O)[C@H](O)[C@H](C)[C@@H]4C(=O)O[C@H]([C@H](O)[C@H]12)[C@]34C. The Kier molecular flexibility index (Phi) is 3.59. The van der Waals surface area contributed by atoms with Crippen molar-refractivity contribution in [1.82, 2.24) is 0 Å². The fourth-order valence-corrected chi connectivity index (χ4v) is 6.99. The lowest BCUT2D eigenvalue weighted by Crippen LogP contribution is -2.74. The molecular weight excluding hydrogens is 340 g/mol. The summed E-state index contributed by atoms with van der Waals surface area (Å²) in [5.41, 5.74) is -1.65. The van der Waals surface area contributed by atoms with Gasteiger partial charge in [-0.3, -0.25) is 9.59 Å². The van der Waals surface area contributed by atoms with Crippen LogP contribution < -0.4 is 0 Å². The summed E-state index contributed by atoms with van der Waals surface area (Å²) in [4.78, 5) is 25.0. The molecule has 0 amide bonds. The van der Waals surface area contributed by atoms with Gasteiger partial charge < -0.3 is 25.2 Å². The molecule has 1 heterocycles. The topological polar surface area (TPSA) is 124 Å². The molecule has 0 spiro atoms. The lowest BCUT2D eigenvalue weighted by atomic mass is 9.39. The van der Waals surface area contributed by atoms with Crippen molar-refractivity contribution in [2.24, 2.45) is 34.5 Å². The normalized spacial score (nSPS) is 58.6. The van der Waals surface area contributed by atoms with Gasteiger partial charge in [0.2, 0.25) is 0 Å². The Morgan fingerprint density at radius 1 is 0.962 bits per heavy atom. The maximum absolute atomic E-state index is 12.6. The highest BCUT2D eigenvalue weighted by molar-refractivity contribution is 5.96. The smallest absolute Gasteiger partial charge is 0.310 e. The van der Waals surface area contributed by atoms with Gasteiger partial charge >= 0.3 is 5.97 Å². The minimum absolute atomic E-state index is 0.488. The highest BCUT2D eigenvalue weighted by Gasteiger charge is 2.77. The molecule has 3 fully saturated rings. The third kappa shape index (κ3) is 1.73. The fourth-order valence-electron chi connectivity index (χ4n) is 6.99. The molecule has 7 heteroatoms. The lowest BCUT2D eigenvalue weighted by molar-refractivity contribution is -0.266. The van der Waals surface area contributed by atoms with Crippen LogP contribution in [0.1, 0.15) is 27.7 Å². The van der Waals surface area contributed by atoms with E-state index in [0.717, 1.165) is 0 Å². The molecule has 0 unspecified atom stereocenters. The molecule has 26 heavy (non-hydrogen) atoms. The van der Waals surface area contributed by atoms with Crippen LogP contribution in [-0.2, 0) is 14.3 Å². The van der Waals surface area contributed by atoms with Crippen molar-refractivity contribution in [3.05, 3.63) is 11.6 Å². The van der Waals surface area contributed by atoms with Gasteiger partial charge in [-0.25, -0.2) is 0 Å².